The van der Waals surface area contributed by atoms with Crippen LogP contribution in [-0.2, 0) is 6.54 Å². The van der Waals surface area contributed by atoms with Crippen LogP contribution in [-0.4, -0.2) is 15.8 Å². The molecular weight excluding hydrogens is 388 g/mol. The molecule has 0 saturated heterocycles. The minimum atomic E-state index is -0.586. The molecule has 5 rings (SSSR count). The number of fused-ring (bicyclic) bond motifs is 2. The summed E-state index contributed by atoms with van der Waals surface area (Å²) in [6.07, 6.45) is 3.38. The Hall–Kier alpha value is -3.44. The van der Waals surface area contributed by atoms with Crippen LogP contribution in [0.2, 0.25) is 5.02 Å². The van der Waals surface area contributed by atoms with E-state index in [1.54, 1.807) is 53.7 Å². The molecule has 6 heteroatoms. The molecule has 142 valence electrons. The van der Waals surface area contributed by atoms with Crippen LogP contribution in [0.1, 0.15) is 33.3 Å². The van der Waals surface area contributed by atoms with Crippen molar-refractivity contribution in [2.24, 2.45) is 0 Å². The summed E-state index contributed by atoms with van der Waals surface area (Å²) >= 11 is 6.21. The van der Waals surface area contributed by atoms with Crippen LogP contribution in [0.25, 0.3) is 11.0 Å². The molecule has 1 aliphatic rings. The van der Waals surface area contributed by atoms with E-state index in [0.717, 1.165) is 11.1 Å². The van der Waals surface area contributed by atoms with Gasteiger partial charge in [-0.05, 0) is 41.5 Å². The number of carbonyl (C=O) groups is 1. The van der Waals surface area contributed by atoms with E-state index in [2.05, 4.69) is 4.98 Å². The predicted octanol–water partition coefficient (Wildman–Crippen LogP) is 4.59. The van der Waals surface area contributed by atoms with Gasteiger partial charge in [0.2, 0.25) is 5.76 Å². The first-order valence-electron chi connectivity index (χ1n) is 9.14. The molecule has 0 aliphatic carbocycles. The van der Waals surface area contributed by atoms with E-state index in [1.165, 1.54) is 0 Å². The van der Waals surface area contributed by atoms with E-state index < -0.39 is 6.04 Å². The monoisotopic (exact) mass is 402 g/mol. The summed E-state index contributed by atoms with van der Waals surface area (Å²) in [7, 11) is 0. The van der Waals surface area contributed by atoms with Crippen LogP contribution in [0.3, 0.4) is 0 Å². The average molecular weight is 403 g/mol. The summed E-state index contributed by atoms with van der Waals surface area (Å²) in [5.74, 6) is -0.237. The molecule has 4 aromatic rings. The number of amides is 1. The number of aromatic nitrogens is 1. The van der Waals surface area contributed by atoms with Gasteiger partial charge in [0, 0.05) is 24.0 Å². The lowest BCUT2D eigenvalue weighted by Gasteiger charge is -2.25. The van der Waals surface area contributed by atoms with Crippen molar-refractivity contribution in [3.63, 3.8) is 0 Å². The van der Waals surface area contributed by atoms with E-state index in [4.69, 9.17) is 16.0 Å². The summed E-state index contributed by atoms with van der Waals surface area (Å²) < 4.78 is 5.91. The van der Waals surface area contributed by atoms with Crippen LogP contribution >= 0.6 is 11.6 Å². The molecule has 2 aromatic heterocycles. The Bertz CT molecular complexity index is 1300. The van der Waals surface area contributed by atoms with Crippen molar-refractivity contribution in [3.8, 4) is 0 Å². The summed E-state index contributed by atoms with van der Waals surface area (Å²) in [4.78, 5) is 32.4. The number of para-hydroxylation sites is 1. The zero-order chi connectivity index (χ0) is 20.0. The Balaban J connectivity index is 1.74. The van der Waals surface area contributed by atoms with Crippen molar-refractivity contribution in [1.29, 1.82) is 0 Å². The lowest BCUT2D eigenvalue weighted by molar-refractivity contribution is 0.0714. The fraction of sp³-hybridized carbons (Fsp3) is 0.0870. The molecule has 29 heavy (non-hydrogen) atoms. The minimum absolute atomic E-state index is 0.0857. The Morgan fingerprint density at radius 2 is 1.90 bits per heavy atom. The molecule has 2 aromatic carbocycles. The van der Waals surface area contributed by atoms with Crippen molar-refractivity contribution < 1.29 is 9.21 Å². The summed E-state index contributed by atoms with van der Waals surface area (Å²) in [5.41, 5.74) is 2.17. The quantitative estimate of drug-likeness (QED) is 0.503. The molecule has 1 amide bonds. The van der Waals surface area contributed by atoms with Crippen LogP contribution in [0.5, 0.6) is 0 Å². The largest absolute Gasteiger partial charge is 0.450 e. The Morgan fingerprint density at radius 1 is 1.03 bits per heavy atom. The second kappa shape index (κ2) is 6.87. The number of benzene rings is 2. The lowest BCUT2D eigenvalue weighted by Crippen LogP contribution is -2.29. The van der Waals surface area contributed by atoms with Gasteiger partial charge in [0.1, 0.15) is 5.58 Å². The SMILES string of the molecule is O=C1c2oc3ccccc3c(=O)c2[C@@H](c2cccc(Cl)c2)N1Cc1cccnc1. The fourth-order valence-corrected chi connectivity index (χ4v) is 4.04. The number of rotatable bonds is 3. The van der Waals surface area contributed by atoms with Crippen molar-refractivity contribution in [3.05, 3.63) is 111 Å². The number of carbonyl (C=O) groups excluding carboxylic acids is 1. The number of pyridine rings is 1. The van der Waals surface area contributed by atoms with Gasteiger partial charge in [-0.3, -0.25) is 14.6 Å². The number of hydrogen-bond acceptors (Lipinski definition) is 4. The van der Waals surface area contributed by atoms with Gasteiger partial charge in [0.25, 0.3) is 5.91 Å². The fourth-order valence-electron chi connectivity index (χ4n) is 3.84. The lowest BCUT2D eigenvalue weighted by atomic mass is 9.98. The summed E-state index contributed by atoms with van der Waals surface area (Å²) in [5, 5.41) is 0.990. The number of nitrogens with zero attached hydrogens (tertiary/aromatic N) is 2. The zero-order valence-electron chi connectivity index (χ0n) is 15.2. The molecule has 1 atom stereocenters. The maximum absolute atomic E-state index is 13.3. The van der Waals surface area contributed by atoms with Gasteiger partial charge in [0.15, 0.2) is 5.43 Å². The zero-order valence-corrected chi connectivity index (χ0v) is 16.0. The van der Waals surface area contributed by atoms with Crippen molar-refractivity contribution in [2.45, 2.75) is 12.6 Å². The normalized spacial score (nSPS) is 15.7. The van der Waals surface area contributed by atoms with Gasteiger partial charge in [-0.1, -0.05) is 41.9 Å². The Morgan fingerprint density at radius 3 is 2.69 bits per heavy atom. The molecule has 3 heterocycles. The van der Waals surface area contributed by atoms with Gasteiger partial charge in [0.05, 0.1) is 17.0 Å². The molecule has 0 spiro atoms. The van der Waals surface area contributed by atoms with Gasteiger partial charge < -0.3 is 9.32 Å². The van der Waals surface area contributed by atoms with Crippen LogP contribution in [0, 0.1) is 0 Å². The van der Waals surface area contributed by atoms with Crippen molar-refractivity contribution in [1.82, 2.24) is 9.88 Å². The van der Waals surface area contributed by atoms with Gasteiger partial charge in [-0.2, -0.15) is 0 Å². The van der Waals surface area contributed by atoms with E-state index >= 15 is 0 Å². The Kier molecular flexibility index (Phi) is 4.18. The summed E-state index contributed by atoms with van der Waals surface area (Å²) in [6.45, 7) is 0.295. The second-order valence-electron chi connectivity index (χ2n) is 6.92. The topological polar surface area (TPSA) is 63.4 Å². The van der Waals surface area contributed by atoms with Crippen molar-refractivity contribution >= 4 is 28.5 Å². The third-order valence-electron chi connectivity index (χ3n) is 5.11. The second-order valence-corrected chi connectivity index (χ2v) is 7.36. The highest BCUT2D eigenvalue weighted by atomic mass is 35.5. The van der Waals surface area contributed by atoms with E-state index in [1.807, 2.05) is 24.3 Å². The maximum atomic E-state index is 13.3. The molecule has 0 fully saturated rings. The number of halogens is 1. The predicted molar refractivity (Wildman–Crippen MR) is 110 cm³/mol. The highest BCUT2D eigenvalue weighted by Crippen LogP contribution is 2.39. The van der Waals surface area contributed by atoms with Crippen LogP contribution in [0.4, 0.5) is 0 Å². The highest BCUT2D eigenvalue weighted by molar-refractivity contribution is 6.30. The molecule has 0 saturated carbocycles. The third kappa shape index (κ3) is 2.91. The number of hydrogen-bond donors (Lipinski definition) is 0. The smallest absolute Gasteiger partial charge is 0.291 e. The third-order valence-corrected chi connectivity index (χ3v) is 5.35. The average Bonchev–Trinajstić information content (AvgIpc) is 3.01. The van der Waals surface area contributed by atoms with Crippen LogP contribution in [0.15, 0.2) is 82.3 Å². The van der Waals surface area contributed by atoms with Gasteiger partial charge in [-0.25, -0.2) is 0 Å². The van der Waals surface area contributed by atoms with Gasteiger partial charge >= 0.3 is 0 Å². The van der Waals surface area contributed by atoms with E-state index in [-0.39, 0.29) is 17.1 Å². The minimum Gasteiger partial charge on any atom is -0.450 e. The van der Waals surface area contributed by atoms with E-state index in [9.17, 15) is 9.59 Å². The molecule has 0 bridgehead atoms. The first-order chi connectivity index (χ1) is 14.1. The van der Waals surface area contributed by atoms with Crippen molar-refractivity contribution in [2.75, 3.05) is 0 Å². The summed E-state index contributed by atoms with van der Waals surface area (Å²) in [6, 6.07) is 17.3. The molecule has 5 nitrogen and oxygen atoms in total. The molecule has 0 unspecified atom stereocenters. The first kappa shape index (κ1) is 17.6. The maximum Gasteiger partial charge on any atom is 0.291 e. The molecule has 0 radical (unpaired) electrons. The Labute approximate surface area is 171 Å². The van der Waals surface area contributed by atoms with Crippen LogP contribution < -0.4 is 5.43 Å². The molecule has 0 N–H and O–H groups in total. The van der Waals surface area contributed by atoms with Gasteiger partial charge in [-0.15, -0.1) is 0 Å². The van der Waals surface area contributed by atoms with E-state index in [0.29, 0.717) is 28.1 Å². The molecule has 1 aliphatic heterocycles. The first-order valence-corrected chi connectivity index (χ1v) is 9.52. The standard InChI is InChI=1S/C23H15ClN2O3/c24-16-7-3-6-15(11-16)20-19-21(27)17-8-1-2-9-18(17)29-22(19)23(28)26(20)13-14-5-4-10-25-12-14/h1-12,20H,13H2/t20-/m1/s1. The molecular formula is C23H15ClN2O3. The highest BCUT2D eigenvalue weighted by Gasteiger charge is 2.42.